The zero-order valence-electron chi connectivity index (χ0n) is 7.52. The van der Waals surface area contributed by atoms with Crippen molar-refractivity contribution in [2.24, 2.45) is 5.92 Å². The molecule has 0 bridgehead atoms. The highest BCUT2D eigenvalue weighted by molar-refractivity contribution is 5.05. The molecule has 0 aromatic carbocycles. The maximum Gasteiger partial charge on any atom is 0.132 e. The standard InChI is InChI=1S/C11H14O2/c12-11(10-7-4-8-13-10)9-5-2-1-3-6-9/h1-2,4,7-9,11-12H,3,5-6H2. The molecule has 2 atom stereocenters. The predicted octanol–water partition coefficient (Wildman–Crippen LogP) is 2.67. The molecule has 13 heavy (non-hydrogen) atoms. The first-order valence-corrected chi connectivity index (χ1v) is 4.74. The molecule has 1 aliphatic carbocycles. The fourth-order valence-corrected chi connectivity index (χ4v) is 1.80. The SMILES string of the molecule is OC(c1ccco1)C1CC=CCC1. The Bertz CT molecular complexity index is 274. The van der Waals surface area contributed by atoms with Crippen molar-refractivity contribution in [3.05, 3.63) is 36.3 Å². The number of aliphatic hydroxyl groups is 1. The lowest BCUT2D eigenvalue weighted by atomic mass is 9.88. The summed E-state index contributed by atoms with van der Waals surface area (Å²) in [6.45, 7) is 0. The van der Waals surface area contributed by atoms with E-state index in [2.05, 4.69) is 12.2 Å². The van der Waals surface area contributed by atoms with Gasteiger partial charge in [-0.25, -0.2) is 0 Å². The molecular formula is C11H14O2. The fraction of sp³-hybridized carbons (Fsp3) is 0.455. The Kier molecular flexibility index (Phi) is 2.50. The minimum Gasteiger partial charge on any atom is -0.467 e. The maximum absolute atomic E-state index is 9.91. The Hall–Kier alpha value is -1.02. The van der Waals surface area contributed by atoms with E-state index in [0.29, 0.717) is 11.7 Å². The second-order valence-corrected chi connectivity index (χ2v) is 3.50. The quantitative estimate of drug-likeness (QED) is 0.706. The molecule has 0 aliphatic heterocycles. The summed E-state index contributed by atoms with van der Waals surface area (Å²) in [6.07, 6.45) is 8.57. The van der Waals surface area contributed by atoms with Crippen LogP contribution in [0.3, 0.4) is 0 Å². The van der Waals surface area contributed by atoms with Gasteiger partial charge in [0, 0.05) is 0 Å². The molecule has 1 heterocycles. The number of furan rings is 1. The van der Waals surface area contributed by atoms with Crippen molar-refractivity contribution in [3.63, 3.8) is 0 Å². The van der Waals surface area contributed by atoms with Crippen LogP contribution in [-0.2, 0) is 0 Å². The number of rotatable bonds is 2. The van der Waals surface area contributed by atoms with Crippen molar-refractivity contribution in [2.75, 3.05) is 0 Å². The van der Waals surface area contributed by atoms with Crippen LogP contribution in [0.4, 0.5) is 0 Å². The highest BCUT2D eigenvalue weighted by Gasteiger charge is 2.22. The highest BCUT2D eigenvalue weighted by Crippen LogP contribution is 2.31. The van der Waals surface area contributed by atoms with Crippen LogP contribution in [0.15, 0.2) is 35.0 Å². The molecule has 1 aromatic heterocycles. The summed E-state index contributed by atoms with van der Waals surface area (Å²) in [4.78, 5) is 0. The first-order valence-electron chi connectivity index (χ1n) is 4.74. The van der Waals surface area contributed by atoms with E-state index in [-0.39, 0.29) is 0 Å². The normalized spacial score (nSPS) is 24.5. The van der Waals surface area contributed by atoms with E-state index in [1.165, 1.54) is 0 Å². The Balaban J connectivity index is 2.04. The third-order valence-electron chi connectivity index (χ3n) is 2.59. The maximum atomic E-state index is 9.91. The van der Waals surface area contributed by atoms with Crippen LogP contribution in [0.2, 0.25) is 0 Å². The van der Waals surface area contributed by atoms with Gasteiger partial charge < -0.3 is 9.52 Å². The van der Waals surface area contributed by atoms with Gasteiger partial charge in [-0.05, 0) is 37.3 Å². The van der Waals surface area contributed by atoms with Crippen LogP contribution in [-0.4, -0.2) is 5.11 Å². The molecule has 0 spiro atoms. The topological polar surface area (TPSA) is 33.4 Å². The van der Waals surface area contributed by atoms with Crippen LogP contribution in [0.1, 0.15) is 31.1 Å². The van der Waals surface area contributed by atoms with Crippen LogP contribution in [0, 0.1) is 5.92 Å². The molecule has 70 valence electrons. The summed E-state index contributed by atoms with van der Waals surface area (Å²) in [7, 11) is 0. The highest BCUT2D eigenvalue weighted by atomic mass is 16.4. The van der Waals surface area contributed by atoms with Gasteiger partial charge in [0.15, 0.2) is 0 Å². The van der Waals surface area contributed by atoms with Gasteiger partial charge in [0.05, 0.1) is 6.26 Å². The first kappa shape index (κ1) is 8.57. The molecule has 2 nitrogen and oxygen atoms in total. The summed E-state index contributed by atoms with van der Waals surface area (Å²) in [5.41, 5.74) is 0. The van der Waals surface area contributed by atoms with Gasteiger partial charge in [-0.3, -0.25) is 0 Å². The second kappa shape index (κ2) is 3.79. The molecule has 1 aliphatic rings. The van der Waals surface area contributed by atoms with Gasteiger partial charge in [0.2, 0.25) is 0 Å². The monoisotopic (exact) mass is 178 g/mol. The van der Waals surface area contributed by atoms with Crippen molar-refractivity contribution in [3.8, 4) is 0 Å². The Morgan fingerprint density at radius 3 is 3.00 bits per heavy atom. The third-order valence-corrected chi connectivity index (χ3v) is 2.59. The van der Waals surface area contributed by atoms with E-state index in [1.807, 2.05) is 12.1 Å². The molecule has 2 heteroatoms. The van der Waals surface area contributed by atoms with Gasteiger partial charge in [-0.1, -0.05) is 12.2 Å². The van der Waals surface area contributed by atoms with E-state index in [9.17, 15) is 5.11 Å². The van der Waals surface area contributed by atoms with Gasteiger partial charge in [-0.15, -0.1) is 0 Å². The van der Waals surface area contributed by atoms with Crippen LogP contribution >= 0.6 is 0 Å². The third kappa shape index (κ3) is 1.83. The number of hydrogen-bond donors (Lipinski definition) is 1. The largest absolute Gasteiger partial charge is 0.467 e. The second-order valence-electron chi connectivity index (χ2n) is 3.50. The summed E-state index contributed by atoms with van der Waals surface area (Å²) >= 11 is 0. The zero-order valence-corrected chi connectivity index (χ0v) is 7.52. The van der Waals surface area contributed by atoms with Crippen molar-refractivity contribution < 1.29 is 9.52 Å². The molecule has 0 radical (unpaired) electrons. The minimum absolute atomic E-state index is 0.330. The molecular weight excluding hydrogens is 164 g/mol. The van der Waals surface area contributed by atoms with E-state index < -0.39 is 6.10 Å². The van der Waals surface area contributed by atoms with E-state index in [0.717, 1.165) is 19.3 Å². The Labute approximate surface area is 77.9 Å². The summed E-state index contributed by atoms with van der Waals surface area (Å²) in [6, 6.07) is 3.65. The van der Waals surface area contributed by atoms with Gasteiger partial charge in [-0.2, -0.15) is 0 Å². The molecule has 0 amide bonds. The number of hydrogen-bond acceptors (Lipinski definition) is 2. The smallest absolute Gasteiger partial charge is 0.132 e. The predicted molar refractivity (Wildman–Crippen MR) is 50.1 cm³/mol. The molecule has 0 saturated carbocycles. The van der Waals surface area contributed by atoms with E-state index >= 15 is 0 Å². The van der Waals surface area contributed by atoms with Gasteiger partial charge in [0.25, 0.3) is 0 Å². The lowest BCUT2D eigenvalue weighted by Gasteiger charge is -2.21. The Morgan fingerprint density at radius 1 is 1.46 bits per heavy atom. The van der Waals surface area contributed by atoms with E-state index in [1.54, 1.807) is 6.26 Å². The van der Waals surface area contributed by atoms with Crippen molar-refractivity contribution in [1.29, 1.82) is 0 Å². The first-order chi connectivity index (χ1) is 6.38. The summed E-state index contributed by atoms with van der Waals surface area (Å²) in [5.74, 6) is 1.02. The number of aliphatic hydroxyl groups excluding tert-OH is 1. The molecule has 1 N–H and O–H groups in total. The van der Waals surface area contributed by atoms with E-state index in [4.69, 9.17) is 4.42 Å². The molecule has 0 saturated heterocycles. The van der Waals surface area contributed by atoms with Crippen LogP contribution < -0.4 is 0 Å². The fourth-order valence-electron chi connectivity index (χ4n) is 1.80. The number of allylic oxidation sites excluding steroid dienone is 2. The summed E-state index contributed by atoms with van der Waals surface area (Å²) < 4.78 is 5.17. The zero-order chi connectivity index (χ0) is 9.10. The molecule has 2 rings (SSSR count). The van der Waals surface area contributed by atoms with Crippen molar-refractivity contribution in [1.82, 2.24) is 0 Å². The van der Waals surface area contributed by atoms with Crippen LogP contribution in [0.25, 0.3) is 0 Å². The Morgan fingerprint density at radius 2 is 2.38 bits per heavy atom. The molecule has 1 aromatic rings. The van der Waals surface area contributed by atoms with Crippen LogP contribution in [0.5, 0.6) is 0 Å². The molecule has 2 unspecified atom stereocenters. The summed E-state index contributed by atoms with van der Waals surface area (Å²) in [5, 5.41) is 9.91. The lowest BCUT2D eigenvalue weighted by molar-refractivity contribution is 0.0808. The lowest BCUT2D eigenvalue weighted by Crippen LogP contribution is -2.13. The van der Waals surface area contributed by atoms with Crippen molar-refractivity contribution in [2.45, 2.75) is 25.4 Å². The van der Waals surface area contributed by atoms with Gasteiger partial charge >= 0.3 is 0 Å². The van der Waals surface area contributed by atoms with Gasteiger partial charge in [0.1, 0.15) is 11.9 Å². The average Bonchev–Trinajstić information content (AvgIpc) is 2.71. The average molecular weight is 178 g/mol. The molecule has 0 fully saturated rings. The van der Waals surface area contributed by atoms with Crippen molar-refractivity contribution >= 4 is 0 Å². The minimum atomic E-state index is -0.431.